The summed E-state index contributed by atoms with van der Waals surface area (Å²) in [6.07, 6.45) is 0. The predicted octanol–water partition coefficient (Wildman–Crippen LogP) is 4.37. The van der Waals surface area contributed by atoms with E-state index in [1.54, 1.807) is 19.1 Å². The lowest BCUT2D eigenvalue weighted by Crippen LogP contribution is -2.15. The molecule has 0 fully saturated rings. The van der Waals surface area contributed by atoms with Gasteiger partial charge in [0.25, 0.3) is 5.91 Å². The van der Waals surface area contributed by atoms with Crippen LogP contribution in [-0.4, -0.2) is 15.9 Å². The van der Waals surface area contributed by atoms with E-state index in [0.29, 0.717) is 23.0 Å². The second-order valence-electron chi connectivity index (χ2n) is 5.76. The zero-order valence-electron chi connectivity index (χ0n) is 14.2. The number of nitrogens with one attached hydrogen (secondary N) is 2. The number of amides is 1. The van der Waals surface area contributed by atoms with Crippen molar-refractivity contribution in [1.29, 1.82) is 0 Å². The molecule has 26 heavy (non-hydrogen) atoms. The number of aromatic nitrogens is 2. The molecule has 5 nitrogen and oxygen atoms in total. The molecule has 2 aromatic carbocycles. The Balaban J connectivity index is 1.81. The smallest absolute Gasteiger partial charge is 0.274 e. The highest BCUT2D eigenvalue weighted by Gasteiger charge is 2.12. The molecular formula is C19H16F2N4O. The number of aryl methyl sites for hydroxylation is 2. The van der Waals surface area contributed by atoms with Crippen molar-refractivity contribution >= 4 is 23.1 Å². The lowest BCUT2D eigenvalue weighted by Gasteiger charge is -2.10. The summed E-state index contributed by atoms with van der Waals surface area (Å²) in [5.41, 5.74) is 2.20. The molecule has 0 aliphatic heterocycles. The monoisotopic (exact) mass is 354 g/mol. The molecular weight excluding hydrogens is 338 g/mol. The van der Waals surface area contributed by atoms with Crippen molar-refractivity contribution in [2.24, 2.45) is 0 Å². The molecule has 0 aliphatic carbocycles. The van der Waals surface area contributed by atoms with E-state index in [-0.39, 0.29) is 5.69 Å². The molecule has 3 rings (SSSR count). The fraction of sp³-hybridized carbons (Fsp3) is 0.105. The maximum Gasteiger partial charge on any atom is 0.274 e. The van der Waals surface area contributed by atoms with Crippen molar-refractivity contribution in [2.45, 2.75) is 13.8 Å². The third-order valence-electron chi connectivity index (χ3n) is 3.57. The van der Waals surface area contributed by atoms with Crippen LogP contribution >= 0.6 is 0 Å². The minimum atomic E-state index is -0.974. The van der Waals surface area contributed by atoms with Crippen LogP contribution in [0.15, 0.2) is 48.5 Å². The first-order valence-electron chi connectivity index (χ1n) is 7.86. The minimum Gasteiger partial charge on any atom is -0.340 e. The molecule has 1 heterocycles. The number of hydrogen-bond donors (Lipinski definition) is 2. The van der Waals surface area contributed by atoms with Crippen LogP contribution in [-0.2, 0) is 0 Å². The Bertz CT molecular complexity index is 958. The molecule has 0 saturated carbocycles. The molecule has 0 spiro atoms. The van der Waals surface area contributed by atoms with Crippen LogP contribution in [0, 0.1) is 25.5 Å². The highest BCUT2D eigenvalue weighted by atomic mass is 19.2. The van der Waals surface area contributed by atoms with Gasteiger partial charge < -0.3 is 10.6 Å². The Hall–Kier alpha value is -3.35. The summed E-state index contributed by atoms with van der Waals surface area (Å²) in [5, 5.41) is 5.60. The van der Waals surface area contributed by atoms with Crippen molar-refractivity contribution in [3.63, 3.8) is 0 Å². The maximum absolute atomic E-state index is 13.3. The largest absolute Gasteiger partial charge is 0.340 e. The van der Waals surface area contributed by atoms with Crippen LogP contribution in [0.2, 0.25) is 0 Å². The van der Waals surface area contributed by atoms with E-state index in [2.05, 4.69) is 20.6 Å². The van der Waals surface area contributed by atoms with Gasteiger partial charge in [-0.25, -0.2) is 18.7 Å². The van der Waals surface area contributed by atoms with Crippen molar-refractivity contribution in [1.82, 2.24) is 9.97 Å². The van der Waals surface area contributed by atoms with Crippen molar-refractivity contribution in [3.8, 4) is 0 Å². The summed E-state index contributed by atoms with van der Waals surface area (Å²) in [4.78, 5) is 20.7. The zero-order chi connectivity index (χ0) is 18.7. The third-order valence-corrected chi connectivity index (χ3v) is 3.57. The Morgan fingerprint density at radius 3 is 2.27 bits per heavy atom. The van der Waals surface area contributed by atoms with E-state index in [1.165, 1.54) is 12.1 Å². The van der Waals surface area contributed by atoms with Gasteiger partial charge in [0.15, 0.2) is 11.6 Å². The molecule has 0 radical (unpaired) electrons. The Labute approximate surface area is 149 Å². The van der Waals surface area contributed by atoms with Gasteiger partial charge in [-0.2, -0.15) is 0 Å². The topological polar surface area (TPSA) is 66.9 Å². The van der Waals surface area contributed by atoms with Crippen LogP contribution in [0.1, 0.15) is 21.9 Å². The average molecular weight is 354 g/mol. The number of hydrogen-bond acceptors (Lipinski definition) is 4. The fourth-order valence-corrected chi connectivity index (χ4v) is 2.30. The summed E-state index contributed by atoms with van der Waals surface area (Å²) in [7, 11) is 0. The molecule has 0 aliphatic rings. The molecule has 1 aromatic heterocycles. The van der Waals surface area contributed by atoms with E-state index < -0.39 is 17.5 Å². The Kier molecular flexibility index (Phi) is 4.88. The molecule has 0 bridgehead atoms. The summed E-state index contributed by atoms with van der Waals surface area (Å²) in [5.74, 6) is -1.64. The molecule has 3 aromatic rings. The van der Waals surface area contributed by atoms with Gasteiger partial charge in [-0.15, -0.1) is 0 Å². The van der Waals surface area contributed by atoms with Crippen molar-refractivity contribution in [3.05, 3.63) is 77.2 Å². The summed E-state index contributed by atoms with van der Waals surface area (Å²) < 4.78 is 26.3. The number of benzene rings is 2. The number of rotatable bonds is 4. The van der Waals surface area contributed by atoms with E-state index in [4.69, 9.17) is 0 Å². The van der Waals surface area contributed by atoms with Gasteiger partial charge in [0.2, 0.25) is 0 Å². The Morgan fingerprint density at radius 2 is 1.58 bits per heavy atom. The standard InChI is InChI=1S/C19H16F2N4O/c1-11-3-5-13(6-4-11)25-19(26)17-10-18(23-12(2)22-17)24-14-7-8-15(20)16(21)9-14/h3-10H,1-2H3,(H,25,26)(H,22,23,24). The molecule has 0 saturated heterocycles. The molecule has 0 unspecified atom stereocenters. The van der Waals surface area contributed by atoms with Gasteiger partial charge in [0, 0.05) is 23.5 Å². The summed E-state index contributed by atoms with van der Waals surface area (Å²) >= 11 is 0. The lowest BCUT2D eigenvalue weighted by atomic mass is 10.2. The van der Waals surface area contributed by atoms with Gasteiger partial charge >= 0.3 is 0 Å². The van der Waals surface area contributed by atoms with E-state index in [9.17, 15) is 13.6 Å². The normalized spacial score (nSPS) is 10.5. The molecule has 1 amide bonds. The number of nitrogens with zero attached hydrogens (tertiary/aromatic N) is 2. The SMILES string of the molecule is Cc1ccc(NC(=O)c2cc(Nc3ccc(F)c(F)c3)nc(C)n2)cc1. The number of carbonyl (C=O) groups excluding carboxylic acids is 1. The Morgan fingerprint density at radius 1 is 0.885 bits per heavy atom. The van der Waals surface area contributed by atoms with Gasteiger partial charge in [-0.1, -0.05) is 17.7 Å². The first kappa shape index (κ1) is 17.5. The molecule has 0 atom stereocenters. The van der Waals surface area contributed by atoms with E-state index in [1.807, 2.05) is 19.1 Å². The van der Waals surface area contributed by atoms with Crippen LogP contribution in [0.3, 0.4) is 0 Å². The summed E-state index contributed by atoms with van der Waals surface area (Å²) in [6.45, 7) is 3.59. The molecule has 7 heteroatoms. The first-order chi connectivity index (χ1) is 12.4. The maximum atomic E-state index is 13.3. The van der Waals surface area contributed by atoms with Gasteiger partial charge in [0.05, 0.1) is 0 Å². The highest BCUT2D eigenvalue weighted by molar-refractivity contribution is 6.03. The molecule has 132 valence electrons. The third kappa shape index (κ3) is 4.18. The highest BCUT2D eigenvalue weighted by Crippen LogP contribution is 2.19. The van der Waals surface area contributed by atoms with Gasteiger partial charge in [-0.05, 0) is 38.1 Å². The van der Waals surface area contributed by atoms with Crippen LogP contribution < -0.4 is 10.6 Å². The van der Waals surface area contributed by atoms with Crippen LogP contribution in [0.5, 0.6) is 0 Å². The van der Waals surface area contributed by atoms with Crippen LogP contribution in [0.4, 0.5) is 26.0 Å². The molecule has 2 N–H and O–H groups in total. The lowest BCUT2D eigenvalue weighted by molar-refractivity contribution is 0.102. The number of anilines is 3. The first-order valence-corrected chi connectivity index (χ1v) is 7.86. The number of carbonyl (C=O) groups is 1. The predicted molar refractivity (Wildman–Crippen MR) is 95.5 cm³/mol. The summed E-state index contributed by atoms with van der Waals surface area (Å²) in [6, 6.07) is 12.2. The van der Waals surface area contributed by atoms with E-state index in [0.717, 1.165) is 17.7 Å². The van der Waals surface area contributed by atoms with Crippen molar-refractivity contribution < 1.29 is 13.6 Å². The van der Waals surface area contributed by atoms with Gasteiger partial charge in [-0.3, -0.25) is 4.79 Å². The minimum absolute atomic E-state index is 0.156. The number of halogens is 2. The fourth-order valence-electron chi connectivity index (χ4n) is 2.30. The van der Waals surface area contributed by atoms with Crippen molar-refractivity contribution in [2.75, 3.05) is 10.6 Å². The van der Waals surface area contributed by atoms with Gasteiger partial charge in [0.1, 0.15) is 17.3 Å². The van der Waals surface area contributed by atoms with E-state index >= 15 is 0 Å². The second kappa shape index (κ2) is 7.26. The zero-order valence-corrected chi connectivity index (χ0v) is 14.2. The second-order valence-corrected chi connectivity index (χ2v) is 5.76. The average Bonchev–Trinajstić information content (AvgIpc) is 2.59. The quantitative estimate of drug-likeness (QED) is 0.730. The van der Waals surface area contributed by atoms with Crippen LogP contribution in [0.25, 0.3) is 0 Å².